The van der Waals surface area contributed by atoms with Gasteiger partial charge in [-0.15, -0.1) is 0 Å². The maximum Gasteiger partial charge on any atom is 0.0541 e. The molecule has 0 aliphatic heterocycles. The number of para-hydroxylation sites is 4. The molecule has 0 N–H and O–H groups in total. The van der Waals surface area contributed by atoms with Crippen LogP contribution in [0.25, 0.3) is 88.0 Å². The minimum Gasteiger partial charge on any atom is -0.309 e. The molecular weight excluding hydrogens is 583 g/mol. The van der Waals surface area contributed by atoms with Crippen molar-refractivity contribution in [2.45, 2.75) is 0 Å². The van der Waals surface area contributed by atoms with Crippen molar-refractivity contribution in [1.82, 2.24) is 14.1 Å². The molecule has 48 heavy (non-hydrogen) atoms. The molecule has 3 heterocycles. The van der Waals surface area contributed by atoms with Crippen LogP contribution in [0.1, 0.15) is 0 Å². The molecule has 0 spiro atoms. The maximum absolute atomic E-state index is 4.56. The van der Waals surface area contributed by atoms with Gasteiger partial charge >= 0.3 is 0 Å². The van der Waals surface area contributed by atoms with Gasteiger partial charge in [0, 0.05) is 50.7 Å². The van der Waals surface area contributed by atoms with Crippen LogP contribution in [-0.2, 0) is 0 Å². The van der Waals surface area contributed by atoms with Gasteiger partial charge in [0.05, 0.1) is 22.1 Å². The molecule has 224 valence electrons. The number of nitrogens with zero attached hydrogens (tertiary/aromatic N) is 3. The quantitative estimate of drug-likeness (QED) is 0.194. The van der Waals surface area contributed by atoms with Gasteiger partial charge in [-0.2, -0.15) is 0 Å². The van der Waals surface area contributed by atoms with E-state index in [0.717, 1.165) is 16.8 Å². The average molecular weight is 612 g/mol. The van der Waals surface area contributed by atoms with Crippen molar-refractivity contribution in [3.63, 3.8) is 0 Å². The number of rotatable bonds is 4. The van der Waals surface area contributed by atoms with E-state index in [-0.39, 0.29) is 0 Å². The van der Waals surface area contributed by atoms with Gasteiger partial charge in [0.25, 0.3) is 0 Å². The van der Waals surface area contributed by atoms with E-state index in [0.29, 0.717) is 0 Å². The van der Waals surface area contributed by atoms with Crippen LogP contribution in [-0.4, -0.2) is 14.1 Å². The Balaban J connectivity index is 1.05. The Morgan fingerprint density at radius 1 is 0.312 bits per heavy atom. The van der Waals surface area contributed by atoms with Crippen LogP contribution in [0.3, 0.4) is 0 Å². The lowest BCUT2D eigenvalue weighted by Gasteiger charge is -2.14. The fraction of sp³-hybridized carbons (Fsp3) is 0. The van der Waals surface area contributed by atoms with E-state index in [1.165, 1.54) is 71.3 Å². The third kappa shape index (κ3) is 3.98. The highest BCUT2D eigenvalue weighted by molar-refractivity contribution is 6.10. The SMILES string of the molecule is c1ccc2c(c1)c1ccccc1n2-c1ccc(-c2ccc(-c3ccc(-n4c5ccccc5c5ccccc54)cc3)c3cnccc23)cc1. The zero-order valence-corrected chi connectivity index (χ0v) is 26.1. The van der Waals surface area contributed by atoms with Gasteiger partial charge in [0.2, 0.25) is 0 Å². The highest BCUT2D eigenvalue weighted by Crippen LogP contribution is 2.38. The lowest BCUT2D eigenvalue weighted by Crippen LogP contribution is -1.94. The van der Waals surface area contributed by atoms with Gasteiger partial charge in [-0.3, -0.25) is 4.98 Å². The van der Waals surface area contributed by atoms with Crippen molar-refractivity contribution in [2.75, 3.05) is 0 Å². The van der Waals surface area contributed by atoms with Gasteiger partial charge in [-0.1, -0.05) is 109 Å². The highest BCUT2D eigenvalue weighted by Gasteiger charge is 2.15. The molecule has 0 atom stereocenters. The zero-order chi connectivity index (χ0) is 31.6. The summed E-state index contributed by atoms with van der Waals surface area (Å²) < 4.78 is 4.72. The second kappa shape index (κ2) is 10.5. The molecule has 3 nitrogen and oxygen atoms in total. The van der Waals surface area contributed by atoms with E-state index in [2.05, 4.69) is 178 Å². The van der Waals surface area contributed by atoms with Gasteiger partial charge in [-0.25, -0.2) is 0 Å². The summed E-state index contributed by atoms with van der Waals surface area (Å²) in [4.78, 5) is 4.56. The monoisotopic (exact) mass is 611 g/mol. The molecule has 3 heteroatoms. The minimum atomic E-state index is 1.14. The predicted molar refractivity (Wildman–Crippen MR) is 201 cm³/mol. The smallest absolute Gasteiger partial charge is 0.0541 e. The van der Waals surface area contributed by atoms with Crippen LogP contribution in [0.4, 0.5) is 0 Å². The van der Waals surface area contributed by atoms with Crippen LogP contribution < -0.4 is 0 Å². The molecule has 10 rings (SSSR count). The Hall–Kier alpha value is -6.45. The molecule has 0 fully saturated rings. The predicted octanol–water partition coefficient (Wildman–Crippen LogP) is 11.8. The lowest BCUT2D eigenvalue weighted by atomic mass is 9.93. The molecule has 3 aromatic heterocycles. The van der Waals surface area contributed by atoms with Gasteiger partial charge < -0.3 is 9.13 Å². The minimum absolute atomic E-state index is 1.14. The third-order valence-electron chi connectivity index (χ3n) is 9.85. The molecule has 0 saturated heterocycles. The summed E-state index contributed by atoms with van der Waals surface area (Å²) in [6.45, 7) is 0. The maximum atomic E-state index is 4.56. The topological polar surface area (TPSA) is 22.8 Å². The van der Waals surface area contributed by atoms with E-state index in [9.17, 15) is 0 Å². The van der Waals surface area contributed by atoms with Crippen molar-refractivity contribution >= 4 is 54.4 Å². The molecule has 7 aromatic carbocycles. The van der Waals surface area contributed by atoms with Gasteiger partial charge in [0.1, 0.15) is 0 Å². The lowest BCUT2D eigenvalue weighted by molar-refractivity contribution is 1.18. The Bertz CT molecular complexity index is 2520. The standard InChI is InChI=1S/C45H29N3/c1-5-13-42-37(9-1)38-10-2-6-14-43(38)47(42)32-21-17-30(18-22-32)34-25-26-35(41-29-46-28-27-36(34)41)31-19-23-33(24-20-31)48-44-15-7-3-11-39(44)40-12-4-8-16-45(40)48/h1-29H. The van der Waals surface area contributed by atoms with Crippen LogP contribution in [0.15, 0.2) is 176 Å². The summed E-state index contributed by atoms with van der Waals surface area (Å²) in [6.07, 6.45) is 3.90. The average Bonchev–Trinajstić information content (AvgIpc) is 3.68. The van der Waals surface area contributed by atoms with Crippen molar-refractivity contribution in [3.05, 3.63) is 176 Å². The Morgan fingerprint density at radius 2 is 0.688 bits per heavy atom. The fourth-order valence-electron chi connectivity index (χ4n) is 7.68. The van der Waals surface area contributed by atoms with Crippen molar-refractivity contribution in [1.29, 1.82) is 0 Å². The molecule has 10 aromatic rings. The summed E-state index contributed by atoms with van der Waals surface area (Å²) in [5, 5.41) is 7.43. The second-order valence-electron chi connectivity index (χ2n) is 12.4. The summed E-state index contributed by atoms with van der Waals surface area (Å²) in [7, 11) is 0. The molecule has 0 amide bonds. The second-order valence-corrected chi connectivity index (χ2v) is 12.4. The summed E-state index contributed by atoms with van der Waals surface area (Å²) >= 11 is 0. The number of pyridine rings is 1. The summed E-state index contributed by atoms with van der Waals surface area (Å²) in [6, 6.07) is 59.1. The highest BCUT2D eigenvalue weighted by atomic mass is 15.0. The van der Waals surface area contributed by atoms with Crippen LogP contribution in [0.2, 0.25) is 0 Å². The molecule has 0 aliphatic rings. The molecule has 0 bridgehead atoms. The fourth-order valence-corrected chi connectivity index (χ4v) is 7.68. The molecular formula is C45H29N3. The number of hydrogen-bond donors (Lipinski definition) is 0. The van der Waals surface area contributed by atoms with E-state index in [4.69, 9.17) is 0 Å². The van der Waals surface area contributed by atoms with Crippen molar-refractivity contribution < 1.29 is 0 Å². The zero-order valence-electron chi connectivity index (χ0n) is 26.1. The number of aromatic nitrogens is 3. The van der Waals surface area contributed by atoms with Gasteiger partial charge in [-0.05, 0) is 82.2 Å². The number of fused-ring (bicyclic) bond motifs is 7. The Morgan fingerprint density at radius 3 is 1.10 bits per heavy atom. The van der Waals surface area contributed by atoms with Gasteiger partial charge in [0.15, 0.2) is 0 Å². The largest absolute Gasteiger partial charge is 0.309 e. The number of benzene rings is 7. The van der Waals surface area contributed by atoms with E-state index >= 15 is 0 Å². The molecule has 0 saturated carbocycles. The molecule has 0 aliphatic carbocycles. The number of hydrogen-bond acceptors (Lipinski definition) is 1. The van der Waals surface area contributed by atoms with Crippen LogP contribution in [0, 0.1) is 0 Å². The third-order valence-corrected chi connectivity index (χ3v) is 9.85. The van der Waals surface area contributed by atoms with E-state index < -0.39 is 0 Å². The van der Waals surface area contributed by atoms with E-state index in [1.54, 1.807) is 0 Å². The van der Waals surface area contributed by atoms with E-state index in [1.807, 2.05) is 12.4 Å². The first kappa shape index (κ1) is 26.7. The Kier molecular flexibility index (Phi) is 5.87. The van der Waals surface area contributed by atoms with Crippen LogP contribution in [0.5, 0.6) is 0 Å². The molecule has 0 radical (unpaired) electrons. The summed E-state index contributed by atoms with van der Waals surface area (Å²) in [5.74, 6) is 0. The first-order chi connectivity index (χ1) is 23.8. The van der Waals surface area contributed by atoms with Crippen molar-refractivity contribution in [3.8, 4) is 33.6 Å². The van der Waals surface area contributed by atoms with Crippen LogP contribution >= 0.6 is 0 Å². The summed E-state index contributed by atoms with van der Waals surface area (Å²) in [5.41, 5.74) is 11.9. The van der Waals surface area contributed by atoms with Crippen molar-refractivity contribution in [2.24, 2.45) is 0 Å². The first-order valence-electron chi connectivity index (χ1n) is 16.4. The Labute approximate surface area is 277 Å². The first-order valence-corrected chi connectivity index (χ1v) is 16.4. The normalized spacial score (nSPS) is 11.8. The molecule has 0 unspecified atom stereocenters.